The molecule has 0 amide bonds. The molecule has 4 rings (SSSR count). The van der Waals surface area contributed by atoms with Crippen LogP contribution < -0.4 is 5.32 Å². The van der Waals surface area contributed by atoms with E-state index in [0.29, 0.717) is 12.0 Å². The van der Waals surface area contributed by atoms with Crippen molar-refractivity contribution in [3.05, 3.63) is 82.0 Å². The van der Waals surface area contributed by atoms with Gasteiger partial charge in [0.25, 0.3) is 0 Å². The van der Waals surface area contributed by atoms with Crippen molar-refractivity contribution in [2.24, 2.45) is 0 Å². The zero-order valence-electron chi connectivity index (χ0n) is 19.4. The predicted octanol–water partition coefficient (Wildman–Crippen LogP) is 7.27. The number of fused-ring (bicyclic) bond motifs is 1. The lowest BCUT2D eigenvalue weighted by molar-refractivity contribution is 0.0944. The van der Waals surface area contributed by atoms with E-state index >= 15 is 0 Å². The van der Waals surface area contributed by atoms with E-state index in [1.807, 2.05) is 16.8 Å². The van der Waals surface area contributed by atoms with Gasteiger partial charge in [-0.15, -0.1) is 0 Å². The molecule has 32 heavy (non-hydrogen) atoms. The van der Waals surface area contributed by atoms with E-state index in [0.717, 1.165) is 29.6 Å². The second-order valence-corrected chi connectivity index (χ2v) is 10.5. The van der Waals surface area contributed by atoms with E-state index in [2.05, 4.69) is 96.5 Å². The zero-order chi connectivity index (χ0) is 22.9. The Balaban J connectivity index is 1.68. The topological polar surface area (TPSA) is 46.9 Å². The number of ketones is 1. The van der Waals surface area contributed by atoms with Crippen molar-refractivity contribution in [2.45, 2.75) is 70.4 Å². The highest BCUT2D eigenvalue weighted by atomic mass is 79.9. The summed E-state index contributed by atoms with van der Waals surface area (Å²) in [6, 6.07) is 19.0. The highest BCUT2D eigenvalue weighted by Crippen LogP contribution is 2.42. The molecule has 1 N–H and O–H groups in total. The zero-order valence-corrected chi connectivity index (χ0v) is 20.9. The molecule has 0 saturated carbocycles. The van der Waals surface area contributed by atoms with Crippen LogP contribution in [0.5, 0.6) is 0 Å². The molecule has 1 aliphatic rings. The summed E-state index contributed by atoms with van der Waals surface area (Å²) in [4.78, 5) is 13.7. The summed E-state index contributed by atoms with van der Waals surface area (Å²) >= 11 is 3.60. The number of rotatable bonds is 7. The molecule has 168 valence electrons. The van der Waals surface area contributed by atoms with Crippen LogP contribution in [0.1, 0.15) is 80.9 Å². The van der Waals surface area contributed by atoms with Gasteiger partial charge in [-0.1, -0.05) is 72.2 Å². The Hall–Kier alpha value is -2.40. The third-order valence-corrected chi connectivity index (χ3v) is 7.64. The number of anilines is 1. The molecule has 2 aromatic carbocycles. The van der Waals surface area contributed by atoms with Gasteiger partial charge < -0.3 is 5.32 Å². The summed E-state index contributed by atoms with van der Waals surface area (Å²) < 4.78 is 3.05. The number of carbonyl (C=O) groups excluding carboxylic acids is 1. The van der Waals surface area contributed by atoms with Gasteiger partial charge in [-0.25, -0.2) is 4.68 Å². The normalized spacial score (nSPS) is 17.5. The molecule has 5 heteroatoms. The summed E-state index contributed by atoms with van der Waals surface area (Å²) in [5.74, 6) is 0.988. The molecule has 1 atom stereocenters. The number of hydrogen-bond donors (Lipinski definition) is 1. The predicted molar refractivity (Wildman–Crippen MR) is 134 cm³/mol. The monoisotopic (exact) mass is 493 g/mol. The molecule has 1 unspecified atom stereocenters. The molecule has 0 saturated heterocycles. The van der Waals surface area contributed by atoms with Crippen molar-refractivity contribution in [1.29, 1.82) is 0 Å². The van der Waals surface area contributed by atoms with Crippen LogP contribution in [0.4, 0.5) is 5.82 Å². The van der Waals surface area contributed by atoms with Crippen LogP contribution >= 0.6 is 15.9 Å². The maximum Gasteiger partial charge on any atom is 0.169 e. The Morgan fingerprint density at radius 2 is 1.88 bits per heavy atom. The van der Waals surface area contributed by atoms with Gasteiger partial charge in [-0.3, -0.25) is 4.79 Å². The van der Waals surface area contributed by atoms with Crippen LogP contribution in [0.15, 0.2) is 65.3 Å². The highest BCUT2D eigenvalue weighted by Gasteiger charge is 2.38. The van der Waals surface area contributed by atoms with Crippen LogP contribution in [-0.2, 0) is 11.0 Å². The lowest BCUT2D eigenvalue weighted by Gasteiger charge is -2.38. The smallest absolute Gasteiger partial charge is 0.169 e. The maximum atomic E-state index is 13.7. The molecule has 1 aliphatic heterocycles. The van der Waals surface area contributed by atoms with E-state index in [-0.39, 0.29) is 22.8 Å². The first kappa shape index (κ1) is 22.8. The van der Waals surface area contributed by atoms with Gasteiger partial charge in [-0.05, 0) is 56.4 Å². The molecule has 2 heterocycles. The Morgan fingerprint density at radius 3 is 2.53 bits per heavy atom. The fourth-order valence-corrected chi connectivity index (χ4v) is 5.47. The second kappa shape index (κ2) is 8.86. The fraction of sp³-hybridized carbons (Fsp3) is 0.407. The van der Waals surface area contributed by atoms with E-state index in [1.165, 1.54) is 11.1 Å². The van der Waals surface area contributed by atoms with Crippen LogP contribution in [0.2, 0.25) is 0 Å². The average Bonchev–Trinajstić information content (AvgIpc) is 3.23. The van der Waals surface area contributed by atoms with Crippen LogP contribution in [0, 0.1) is 0 Å². The third kappa shape index (κ3) is 4.15. The minimum atomic E-state index is -0.196. The van der Waals surface area contributed by atoms with Gasteiger partial charge in [0, 0.05) is 16.3 Å². The standard InChI is InChI=1S/C27H32BrN3O/c1-5-27(6-2,20-13-10-14-21(28)15-20)17-24(32)22-18-29-31-25(22)30-23(16-26(31,3)4)19-11-8-7-9-12-19/h7-15,18,23,30H,5-6,16-17H2,1-4H3. The molecule has 0 fully saturated rings. The first-order valence-electron chi connectivity index (χ1n) is 11.5. The van der Waals surface area contributed by atoms with Crippen molar-refractivity contribution >= 4 is 27.5 Å². The first-order valence-corrected chi connectivity index (χ1v) is 12.3. The Bertz CT molecular complexity index is 1100. The first-order chi connectivity index (χ1) is 15.3. The number of nitrogens with zero attached hydrogens (tertiary/aromatic N) is 2. The molecule has 1 aromatic heterocycles. The highest BCUT2D eigenvalue weighted by molar-refractivity contribution is 9.10. The minimum Gasteiger partial charge on any atom is -0.363 e. The summed E-state index contributed by atoms with van der Waals surface area (Å²) in [6.45, 7) is 8.74. The molecule has 0 aliphatic carbocycles. The van der Waals surface area contributed by atoms with Crippen molar-refractivity contribution in [3.63, 3.8) is 0 Å². The van der Waals surface area contributed by atoms with Crippen LogP contribution in [-0.4, -0.2) is 15.6 Å². The van der Waals surface area contributed by atoms with Gasteiger partial charge in [-0.2, -0.15) is 5.10 Å². The molecule has 0 radical (unpaired) electrons. The van der Waals surface area contributed by atoms with Crippen molar-refractivity contribution in [2.75, 3.05) is 5.32 Å². The number of benzene rings is 2. The summed E-state index contributed by atoms with van der Waals surface area (Å²) in [7, 11) is 0. The van der Waals surface area contributed by atoms with E-state index in [9.17, 15) is 4.79 Å². The van der Waals surface area contributed by atoms with E-state index < -0.39 is 0 Å². The molecular weight excluding hydrogens is 462 g/mol. The number of nitrogens with one attached hydrogen (secondary N) is 1. The lowest BCUT2D eigenvalue weighted by Crippen LogP contribution is -2.38. The van der Waals surface area contributed by atoms with Gasteiger partial charge in [0.2, 0.25) is 0 Å². The summed E-state index contributed by atoms with van der Waals surface area (Å²) in [5.41, 5.74) is 2.76. The molecule has 0 spiro atoms. The van der Waals surface area contributed by atoms with Gasteiger partial charge in [0.15, 0.2) is 5.78 Å². The quantitative estimate of drug-likeness (QED) is 0.352. The summed E-state index contributed by atoms with van der Waals surface area (Å²) in [5, 5.41) is 8.29. The lowest BCUT2D eigenvalue weighted by atomic mass is 9.71. The van der Waals surface area contributed by atoms with Gasteiger partial charge in [0.05, 0.1) is 23.3 Å². The number of Topliss-reactive ketones (excluding diaryl/α,β-unsaturated/α-hetero) is 1. The van der Waals surface area contributed by atoms with Gasteiger partial charge >= 0.3 is 0 Å². The number of carbonyl (C=O) groups is 1. The fourth-order valence-electron chi connectivity index (χ4n) is 5.07. The summed E-state index contributed by atoms with van der Waals surface area (Å²) in [6.07, 6.45) is 4.94. The largest absolute Gasteiger partial charge is 0.363 e. The van der Waals surface area contributed by atoms with E-state index in [4.69, 9.17) is 0 Å². The third-order valence-electron chi connectivity index (χ3n) is 7.15. The SMILES string of the molecule is CCC(CC)(CC(=O)c1cnn2c1NC(c1ccccc1)CC2(C)C)c1cccc(Br)c1. The van der Waals surface area contributed by atoms with Crippen LogP contribution in [0.3, 0.4) is 0 Å². The van der Waals surface area contributed by atoms with Crippen LogP contribution in [0.25, 0.3) is 0 Å². The number of halogens is 1. The molecule has 3 aromatic rings. The Morgan fingerprint density at radius 1 is 1.16 bits per heavy atom. The molecular formula is C27H32BrN3O. The number of aromatic nitrogens is 2. The maximum absolute atomic E-state index is 13.7. The number of hydrogen-bond acceptors (Lipinski definition) is 3. The minimum absolute atomic E-state index is 0.145. The average molecular weight is 494 g/mol. The Labute approximate surface area is 199 Å². The molecule has 0 bridgehead atoms. The van der Waals surface area contributed by atoms with Crippen molar-refractivity contribution in [1.82, 2.24) is 9.78 Å². The van der Waals surface area contributed by atoms with Gasteiger partial charge in [0.1, 0.15) is 5.82 Å². The van der Waals surface area contributed by atoms with Crippen molar-refractivity contribution < 1.29 is 4.79 Å². The van der Waals surface area contributed by atoms with Crippen molar-refractivity contribution in [3.8, 4) is 0 Å². The van der Waals surface area contributed by atoms with E-state index in [1.54, 1.807) is 6.20 Å². The Kier molecular flexibility index (Phi) is 6.30. The second-order valence-electron chi connectivity index (χ2n) is 9.54. The molecule has 4 nitrogen and oxygen atoms in total.